The number of nitrogens with zero attached hydrogens (tertiary/aromatic N) is 1. The molecule has 0 spiro atoms. The molecule has 2 N–H and O–H groups in total. The molecule has 1 aromatic carbocycles. The van der Waals surface area contributed by atoms with Crippen LogP contribution < -0.4 is 10.5 Å². The molecule has 0 fully saturated rings. The third kappa shape index (κ3) is 4.13. The summed E-state index contributed by atoms with van der Waals surface area (Å²) in [4.78, 5) is 24.6. The summed E-state index contributed by atoms with van der Waals surface area (Å²) >= 11 is 5.78. The van der Waals surface area contributed by atoms with Crippen molar-refractivity contribution >= 4 is 23.4 Å². The molecule has 5 nitrogen and oxygen atoms in total. The molecular formula is C13H17ClN2O3. The molecule has 19 heavy (non-hydrogen) atoms. The predicted molar refractivity (Wildman–Crippen MR) is 73.4 cm³/mol. The van der Waals surface area contributed by atoms with Crippen LogP contribution in [0.15, 0.2) is 18.2 Å². The SMILES string of the molecule is CC(C)N(C)C(=O)COc1ccc(Cl)cc1C(N)=O. The molecule has 2 amide bonds. The van der Waals surface area contributed by atoms with E-state index >= 15 is 0 Å². The van der Waals surface area contributed by atoms with Crippen molar-refractivity contribution in [3.8, 4) is 5.75 Å². The lowest BCUT2D eigenvalue weighted by molar-refractivity contribution is -0.133. The van der Waals surface area contributed by atoms with Crippen LogP contribution in [-0.4, -0.2) is 36.4 Å². The smallest absolute Gasteiger partial charge is 0.260 e. The van der Waals surface area contributed by atoms with Gasteiger partial charge in [0.1, 0.15) is 5.75 Å². The van der Waals surface area contributed by atoms with Crippen molar-refractivity contribution in [2.24, 2.45) is 5.73 Å². The number of hydrogen-bond donors (Lipinski definition) is 1. The molecular weight excluding hydrogens is 268 g/mol. The molecule has 0 unspecified atom stereocenters. The third-order valence-electron chi connectivity index (χ3n) is 2.73. The largest absolute Gasteiger partial charge is 0.483 e. The Morgan fingerprint density at radius 3 is 2.58 bits per heavy atom. The quantitative estimate of drug-likeness (QED) is 0.894. The van der Waals surface area contributed by atoms with Crippen LogP contribution in [0.2, 0.25) is 5.02 Å². The van der Waals surface area contributed by atoms with Gasteiger partial charge in [0.2, 0.25) is 0 Å². The van der Waals surface area contributed by atoms with E-state index in [1.807, 2.05) is 13.8 Å². The molecule has 0 saturated heterocycles. The van der Waals surface area contributed by atoms with E-state index in [0.717, 1.165) is 0 Å². The fourth-order valence-corrected chi connectivity index (χ4v) is 1.52. The standard InChI is InChI=1S/C13H17ClN2O3/c1-8(2)16(3)12(17)7-19-11-5-4-9(14)6-10(11)13(15)18/h4-6,8H,7H2,1-3H3,(H2,15,18). The number of halogens is 1. The zero-order valence-electron chi connectivity index (χ0n) is 11.1. The Balaban J connectivity index is 2.78. The van der Waals surface area contributed by atoms with Gasteiger partial charge in [-0.15, -0.1) is 0 Å². The van der Waals surface area contributed by atoms with Crippen LogP contribution >= 0.6 is 11.6 Å². The minimum Gasteiger partial charge on any atom is -0.483 e. The van der Waals surface area contributed by atoms with Crippen molar-refractivity contribution in [1.82, 2.24) is 4.90 Å². The molecule has 0 atom stereocenters. The van der Waals surface area contributed by atoms with Gasteiger partial charge in [-0.05, 0) is 32.0 Å². The van der Waals surface area contributed by atoms with Crippen LogP contribution in [0, 0.1) is 0 Å². The maximum Gasteiger partial charge on any atom is 0.260 e. The van der Waals surface area contributed by atoms with Crippen molar-refractivity contribution in [3.05, 3.63) is 28.8 Å². The fourth-order valence-electron chi connectivity index (χ4n) is 1.35. The van der Waals surface area contributed by atoms with Crippen molar-refractivity contribution < 1.29 is 14.3 Å². The van der Waals surface area contributed by atoms with E-state index in [1.165, 1.54) is 12.1 Å². The highest BCUT2D eigenvalue weighted by molar-refractivity contribution is 6.31. The number of benzene rings is 1. The van der Waals surface area contributed by atoms with Gasteiger partial charge in [-0.25, -0.2) is 0 Å². The summed E-state index contributed by atoms with van der Waals surface area (Å²) in [6.07, 6.45) is 0. The molecule has 0 aliphatic carbocycles. The summed E-state index contributed by atoms with van der Waals surface area (Å²) in [7, 11) is 1.69. The first kappa shape index (κ1) is 15.3. The first-order valence-corrected chi connectivity index (χ1v) is 6.18. The first-order chi connectivity index (χ1) is 8.82. The van der Waals surface area contributed by atoms with E-state index in [4.69, 9.17) is 22.1 Å². The van der Waals surface area contributed by atoms with Crippen molar-refractivity contribution in [2.45, 2.75) is 19.9 Å². The van der Waals surface area contributed by atoms with Crippen LogP contribution in [0.3, 0.4) is 0 Å². The fraction of sp³-hybridized carbons (Fsp3) is 0.385. The Labute approximate surface area is 117 Å². The topological polar surface area (TPSA) is 72.6 Å². The minimum atomic E-state index is -0.651. The van der Waals surface area contributed by atoms with E-state index < -0.39 is 5.91 Å². The molecule has 0 bridgehead atoms. The maximum atomic E-state index is 11.8. The predicted octanol–water partition coefficient (Wildman–Crippen LogP) is 1.68. The molecule has 0 aliphatic heterocycles. The summed E-state index contributed by atoms with van der Waals surface area (Å²) in [5.74, 6) is -0.579. The van der Waals surface area contributed by atoms with Crippen molar-refractivity contribution in [2.75, 3.05) is 13.7 Å². The average Bonchev–Trinajstić information content (AvgIpc) is 2.35. The van der Waals surface area contributed by atoms with Crippen LogP contribution in [-0.2, 0) is 4.79 Å². The Morgan fingerprint density at radius 1 is 1.42 bits per heavy atom. The highest BCUT2D eigenvalue weighted by Gasteiger charge is 2.15. The molecule has 0 radical (unpaired) electrons. The number of carbonyl (C=O) groups excluding carboxylic acids is 2. The average molecular weight is 285 g/mol. The molecule has 1 aromatic rings. The van der Waals surface area contributed by atoms with E-state index in [-0.39, 0.29) is 29.9 Å². The highest BCUT2D eigenvalue weighted by Crippen LogP contribution is 2.22. The third-order valence-corrected chi connectivity index (χ3v) is 2.96. The van der Waals surface area contributed by atoms with E-state index in [0.29, 0.717) is 5.02 Å². The molecule has 0 saturated carbocycles. The molecule has 0 aliphatic rings. The number of nitrogens with two attached hydrogens (primary N) is 1. The van der Waals surface area contributed by atoms with Gasteiger partial charge in [-0.2, -0.15) is 0 Å². The van der Waals surface area contributed by atoms with Gasteiger partial charge in [0.15, 0.2) is 6.61 Å². The van der Waals surface area contributed by atoms with Gasteiger partial charge < -0.3 is 15.4 Å². The second-order valence-electron chi connectivity index (χ2n) is 4.39. The second-order valence-corrected chi connectivity index (χ2v) is 4.83. The number of likely N-dealkylation sites (N-methyl/N-ethyl adjacent to an activating group) is 1. The zero-order valence-corrected chi connectivity index (χ0v) is 11.9. The summed E-state index contributed by atoms with van der Waals surface area (Å²) in [6, 6.07) is 4.58. The van der Waals surface area contributed by atoms with Gasteiger partial charge in [-0.3, -0.25) is 9.59 Å². The minimum absolute atomic E-state index is 0.0805. The van der Waals surface area contributed by atoms with Gasteiger partial charge in [0.05, 0.1) is 5.56 Å². The lowest BCUT2D eigenvalue weighted by Gasteiger charge is -2.21. The summed E-state index contributed by atoms with van der Waals surface area (Å²) in [6.45, 7) is 3.64. The lowest BCUT2D eigenvalue weighted by atomic mass is 10.2. The van der Waals surface area contributed by atoms with Crippen molar-refractivity contribution in [1.29, 1.82) is 0 Å². The van der Waals surface area contributed by atoms with E-state index in [1.54, 1.807) is 18.0 Å². The molecule has 1 rings (SSSR count). The monoisotopic (exact) mass is 284 g/mol. The van der Waals surface area contributed by atoms with Crippen LogP contribution in [0.5, 0.6) is 5.75 Å². The zero-order chi connectivity index (χ0) is 14.6. The normalized spacial score (nSPS) is 10.4. The van der Waals surface area contributed by atoms with Gasteiger partial charge in [0.25, 0.3) is 11.8 Å². The number of ether oxygens (including phenoxy) is 1. The number of primary amides is 1. The maximum absolute atomic E-state index is 11.8. The molecule has 104 valence electrons. The number of amides is 2. The summed E-state index contributed by atoms with van der Waals surface area (Å²) in [5.41, 5.74) is 5.38. The Kier molecular flexibility index (Phi) is 5.18. The number of rotatable bonds is 5. The lowest BCUT2D eigenvalue weighted by Crippen LogP contribution is -2.36. The van der Waals surface area contributed by atoms with Crippen LogP contribution in [0.25, 0.3) is 0 Å². The molecule has 0 aromatic heterocycles. The van der Waals surface area contributed by atoms with E-state index in [2.05, 4.69) is 0 Å². The molecule has 0 heterocycles. The van der Waals surface area contributed by atoms with Crippen LogP contribution in [0.4, 0.5) is 0 Å². The summed E-state index contributed by atoms with van der Waals surface area (Å²) in [5, 5.41) is 0.381. The summed E-state index contributed by atoms with van der Waals surface area (Å²) < 4.78 is 5.34. The first-order valence-electron chi connectivity index (χ1n) is 5.80. The van der Waals surface area contributed by atoms with E-state index in [9.17, 15) is 9.59 Å². The Morgan fingerprint density at radius 2 is 2.05 bits per heavy atom. The highest BCUT2D eigenvalue weighted by atomic mass is 35.5. The number of carbonyl (C=O) groups is 2. The van der Waals surface area contributed by atoms with Gasteiger partial charge in [0, 0.05) is 18.1 Å². The van der Waals surface area contributed by atoms with Crippen LogP contribution in [0.1, 0.15) is 24.2 Å². The van der Waals surface area contributed by atoms with Gasteiger partial charge in [-0.1, -0.05) is 11.6 Å². The Hall–Kier alpha value is -1.75. The Bertz CT molecular complexity index is 489. The van der Waals surface area contributed by atoms with Gasteiger partial charge >= 0.3 is 0 Å². The second kappa shape index (κ2) is 6.43. The number of hydrogen-bond acceptors (Lipinski definition) is 3. The molecule has 6 heteroatoms. The van der Waals surface area contributed by atoms with Crippen molar-refractivity contribution in [3.63, 3.8) is 0 Å².